The molecule has 2 aromatic rings. The molecule has 1 aromatic carbocycles. The molecule has 6 nitrogen and oxygen atoms in total. The lowest BCUT2D eigenvalue weighted by Crippen LogP contribution is -2.26. The molecule has 2 aliphatic heterocycles. The largest absolute Gasteiger partial charge is 0.343 e. The molecule has 1 fully saturated rings. The molecule has 0 bridgehead atoms. The lowest BCUT2D eigenvalue weighted by molar-refractivity contribution is -0.114. The first-order valence-electron chi connectivity index (χ1n) is 6.15. The Morgan fingerprint density at radius 3 is 2.95 bits per heavy atom. The van der Waals surface area contributed by atoms with E-state index in [0.717, 1.165) is 5.56 Å². The van der Waals surface area contributed by atoms with Gasteiger partial charge in [-0.15, -0.1) is 0 Å². The molecule has 1 amide bonds. The summed E-state index contributed by atoms with van der Waals surface area (Å²) in [6.07, 6.45) is 1.47. The highest BCUT2D eigenvalue weighted by atomic mass is 16.2. The highest BCUT2D eigenvalue weighted by Gasteiger charge is 2.42. The molecule has 3 heterocycles. The number of nitrogens with zero attached hydrogens (tertiary/aromatic N) is 4. The monoisotopic (exact) mass is 253 g/mol. The minimum atomic E-state index is -0.104. The summed E-state index contributed by atoms with van der Waals surface area (Å²) in [5, 5.41) is 7.13. The van der Waals surface area contributed by atoms with Crippen LogP contribution >= 0.6 is 0 Å². The van der Waals surface area contributed by atoms with Crippen molar-refractivity contribution in [3.63, 3.8) is 0 Å². The molecule has 1 aromatic heterocycles. The Bertz CT molecular complexity index is 675. The zero-order valence-corrected chi connectivity index (χ0v) is 10.0. The van der Waals surface area contributed by atoms with Crippen LogP contribution in [-0.2, 0) is 11.3 Å². The van der Waals surface area contributed by atoms with Gasteiger partial charge in [0.25, 0.3) is 5.91 Å². The maximum atomic E-state index is 12.0. The van der Waals surface area contributed by atoms with E-state index in [2.05, 4.69) is 20.4 Å². The Balaban J connectivity index is 1.78. The van der Waals surface area contributed by atoms with Crippen molar-refractivity contribution in [2.45, 2.75) is 12.6 Å². The molecule has 6 heteroatoms. The standard InChI is InChI=1S/C13H11N5O/c19-12-11-9(6-18-13(17-11)14-7-15-18)10(16-12)8-4-2-1-3-5-8/h1-5,7,9-10H,6H2,(H,16,19). The summed E-state index contributed by atoms with van der Waals surface area (Å²) < 4.78 is 1.74. The lowest BCUT2D eigenvalue weighted by atomic mass is 9.92. The van der Waals surface area contributed by atoms with E-state index in [1.54, 1.807) is 4.68 Å². The molecule has 2 aliphatic rings. The second-order valence-electron chi connectivity index (χ2n) is 4.71. The predicted octanol–water partition coefficient (Wildman–Crippen LogP) is 0.851. The topological polar surface area (TPSA) is 72.2 Å². The van der Waals surface area contributed by atoms with E-state index in [4.69, 9.17) is 0 Å². The van der Waals surface area contributed by atoms with E-state index in [9.17, 15) is 4.79 Å². The number of nitrogens with one attached hydrogen (secondary N) is 1. The summed E-state index contributed by atoms with van der Waals surface area (Å²) in [4.78, 5) is 20.4. The first kappa shape index (κ1) is 10.4. The molecule has 0 radical (unpaired) electrons. The Morgan fingerprint density at radius 1 is 1.26 bits per heavy atom. The van der Waals surface area contributed by atoms with Crippen molar-refractivity contribution in [1.82, 2.24) is 20.1 Å². The summed E-state index contributed by atoms with van der Waals surface area (Å²) in [6.45, 7) is 0.631. The van der Waals surface area contributed by atoms with Crippen LogP contribution < -0.4 is 5.32 Å². The third-order valence-electron chi connectivity index (χ3n) is 3.62. The molecule has 2 unspecified atom stereocenters. The molecular weight excluding hydrogens is 242 g/mol. The average Bonchev–Trinajstić information content (AvgIpc) is 3.02. The number of aliphatic imine (C=N–C) groups is 1. The lowest BCUT2D eigenvalue weighted by Gasteiger charge is -2.21. The van der Waals surface area contributed by atoms with Crippen molar-refractivity contribution in [2.75, 3.05) is 0 Å². The van der Waals surface area contributed by atoms with E-state index in [1.165, 1.54) is 6.33 Å². The summed E-state index contributed by atoms with van der Waals surface area (Å²) in [7, 11) is 0. The number of rotatable bonds is 1. The quantitative estimate of drug-likeness (QED) is 0.819. The van der Waals surface area contributed by atoms with Crippen molar-refractivity contribution in [1.29, 1.82) is 0 Å². The molecule has 0 aliphatic carbocycles. The van der Waals surface area contributed by atoms with E-state index in [-0.39, 0.29) is 17.9 Å². The number of carbonyl (C=O) groups is 1. The van der Waals surface area contributed by atoms with Gasteiger partial charge in [0.1, 0.15) is 12.0 Å². The van der Waals surface area contributed by atoms with Crippen LogP contribution in [0.1, 0.15) is 11.6 Å². The normalized spacial score (nSPS) is 24.4. The van der Waals surface area contributed by atoms with Crippen LogP contribution in [0.25, 0.3) is 0 Å². The first-order valence-corrected chi connectivity index (χ1v) is 6.15. The number of aromatic nitrogens is 3. The van der Waals surface area contributed by atoms with Crippen molar-refractivity contribution < 1.29 is 4.79 Å². The fourth-order valence-electron chi connectivity index (χ4n) is 2.71. The summed E-state index contributed by atoms with van der Waals surface area (Å²) in [6, 6.07) is 9.91. The van der Waals surface area contributed by atoms with Crippen molar-refractivity contribution in [3.8, 4) is 0 Å². The van der Waals surface area contributed by atoms with Gasteiger partial charge >= 0.3 is 0 Å². The van der Waals surface area contributed by atoms with Crippen LogP contribution in [-0.4, -0.2) is 26.4 Å². The van der Waals surface area contributed by atoms with E-state index < -0.39 is 0 Å². The van der Waals surface area contributed by atoms with Gasteiger partial charge in [-0.25, -0.2) is 9.67 Å². The molecular formula is C13H11N5O. The number of hydrogen-bond acceptors (Lipinski definition) is 4. The molecule has 0 saturated carbocycles. The Labute approximate surface area is 109 Å². The SMILES string of the molecule is O=C1NC(c2ccccc2)C2Cn3ncnc3N=C12. The number of hydrogen-bond donors (Lipinski definition) is 1. The minimum Gasteiger partial charge on any atom is -0.343 e. The highest BCUT2D eigenvalue weighted by molar-refractivity contribution is 6.42. The van der Waals surface area contributed by atoms with Gasteiger partial charge in [-0.2, -0.15) is 10.1 Å². The van der Waals surface area contributed by atoms with Gasteiger partial charge in [0.05, 0.1) is 18.5 Å². The summed E-state index contributed by atoms with van der Waals surface area (Å²) in [5.41, 5.74) is 1.66. The minimum absolute atomic E-state index is 0.0177. The zero-order chi connectivity index (χ0) is 12.8. The maximum absolute atomic E-state index is 12.0. The zero-order valence-electron chi connectivity index (χ0n) is 10.0. The molecule has 1 saturated heterocycles. The van der Waals surface area contributed by atoms with Gasteiger partial charge in [-0.05, 0) is 5.56 Å². The Morgan fingerprint density at radius 2 is 2.11 bits per heavy atom. The number of carbonyl (C=O) groups excluding carboxylic acids is 1. The second-order valence-corrected chi connectivity index (χ2v) is 4.71. The fourth-order valence-corrected chi connectivity index (χ4v) is 2.71. The first-order chi connectivity index (χ1) is 9.33. The van der Waals surface area contributed by atoms with Crippen LogP contribution in [0.4, 0.5) is 5.95 Å². The van der Waals surface area contributed by atoms with Gasteiger partial charge in [0.2, 0.25) is 5.95 Å². The van der Waals surface area contributed by atoms with Crippen LogP contribution in [0.5, 0.6) is 0 Å². The third kappa shape index (κ3) is 1.49. The van der Waals surface area contributed by atoms with Crippen molar-refractivity contribution >= 4 is 17.6 Å². The number of amides is 1. The van der Waals surface area contributed by atoms with Crippen molar-refractivity contribution in [3.05, 3.63) is 42.2 Å². The molecule has 19 heavy (non-hydrogen) atoms. The van der Waals surface area contributed by atoms with Crippen molar-refractivity contribution in [2.24, 2.45) is 10.9 Å². The molecule has 2 atom stereocenters. The Hall–Kier alpha value is -2.50. The van der Waals surface area contributed by atoms with Gasteiger partial charge < -0.3 is 5.32 Å². The fraction of sp³-hybridized carbons (Fsp3) is 0.231. The molecule has 1 N–H and O–H groups in total. The van der Waals surface area contributed by atoms with Gasteiger partial charge in [-0.1, -0.05) is 30.3 Å². The predicted molar refractivity (Wildman–Crippen MR) is 67.9 cm³/mol. The van der Waals surface area contributed by atoms with Gasteiger partial charge in [0, 0.05) is 0 Å². The number of benzene rings is 1. The van der Waals surface area contributed by atoms with E-state index >= 15 is 0 Å². The average molecular weight is 253 g/mol. The van der Waals surface area contributed by atoms with E-state index in [0.29, 0.717) is 18.2 Å². The number of fused-ring (bicyclic) bond motifs is 2. The van der Waals surface area contributed by atoms with Crippen LogP contribution in [0.15, 0.2) is 41.7 Å². The second kappa shape index (κ2) is 3.74. The van der Waals surface area contributed by atoms with Gasteiger partial charge in [-0.3, -0.25) is 4.79 Å². The van der Waals surface area contributed by atoms with E-state index in [1.807, 2.05) is 30.3 Å². The Kier molecular flexibility index (Phi) is 2.05. The summed E-state index contributed by atoms with van der Waals surface area (Å²) in [5.74, 6) is 0.423. The molecule has 4 rings (SSSR count). The van der Waals surface area contributed by atoms with Crippen LogP contribution in [0.2, 0.25) is 0 Å². The molecule has 94 valence electrons. The third-order valence-corrected chi connectivity index (χ3v) is 3.62. The smallest absolute Gasteiger partial charge is 0.266 e. The van der Waals surface area contributed by atoms with Crippen LogP contribution in [0.3, 0.4) is 0 Å². The molecule has 0 spiro atoms. The maximum Gasteiger partial charge on any atom is 0.266 e. The van der Waals surface area contributed by atoms with Crippen LogP contribution in [0, 0.1) is 5.92 Å². The van der Waals surface area contributed by atoms with Gasteiger partial charge in [0.15, 0.2) is 0 Å². The highest BCUT2D eigenvalue weighted by Crippen LogP contribution is 2.34. The summed E-state index contributed by atoms with van der Waals surface area (Å²) >= 11 is 0.